The minimum atomic E-state index is -1.41. The van der Waals surface area contributed by atoms with Crippen LogP contribution in [-0.4, -0.2) is 44.9 Å². The van der Waals surface area contributed by atoms with E-state index < -0.39 is 23.4 Å². The summed E-state index contributed by atoms with van der Waals surface area (Å²) in [6.45, 7) is 13.1. The second-order valence-electron chi connectivity index (χ2n) is 8.87. The molecule has 192 valence electrons. The van der Waals surface area contributed by atoms with Crippen molar-refractivity contribution in [2.24, 2.45) is 0 Å². The molecule has 0 aliphatic carbocycles. The Hall–Kier alpha value is -5.06. The molecular weight excluding hydrogens is 486 g/mol. The number of anilines is 1. The zero-order valence-electron chi connectivity index (χ0n) is 20.9. The molecule has 1 aliphatic rings. The Labute approximate surface area is 218 Å². The number of benzene rings is 2. The number of fused-ring (bicyclic) bond motifs is 1. The van der Waals surface area contributed by atoms with E-state index in [9.17, 15) is 29.7 Å². The number of aromatic carboxylic acids is 2. The third kappa shape index (κ3) is 4.81. The predicted molar refractivity (Wildman–Crippen MR) is 144 cm³/mol. The van der Waals surface area contributed by atoms with Gasteiger partial charge in [-0.1, -0.05) is 6.07 Å². The summed E-state index contributed by atoms with van der Waals surface area (Å²) in [5.41, 5.74) is 4.66. The zero-order valence-corrected chi connectivity index (χ0v) is 20.9. The van der Waals surface area contributed by atoms with Crippen LogP contribution in [0.1, 0.15) is 56.3 Å². The Morgan fingerprint density at radius 2 is 1.79 bits per heavy atom. The first-order valence-electron chi connectivity index (χ1n) is 11.9. The van der Waals surface area contributed by atoms with Gasteiger partial charge in [0.1, 0.15) is 0 Å². The molecule has 0 spiro atoms. The Bertz CT molecular complexity index is 1610. The van der Waals surface area contributed by atoms with Crippen molar-refractivity contribution in [3.8, 4) is 11.6 Å². The van der Waals surface area contributed by atoms with Crippen molar-refractivity contribution < 1.29 is 24.9 Å². The number of hydrogen-bond acceptors (Lipinski definition) is 5. The Morgan fingerprint density at radius 1 is 1.11 bits per heavy atom. The molecule has 0 fully saturated rings. The van der Waals surface area contributed by atoms with Gasteiger partial charge in [-0.25, -0.2) is 14.4 Å². The summed E-state index contributed by atoms with van der Waals surface area (Å²) in [7, 11) is 0. The lowest BCUT2D eigenvalue weighted by atomic mass is 9.99. The molecule has 1 aromatic heterocycles. The lowest BCUT2D eigenvalue weighted by molar-refractivity contribution is 0.0696. The monoisotopic (exact) mass is 511 g/mol. The highest BCUT2D eigenvalue weighted by Crippen LogP contribution is 2.33. The Balaban J connectivity index is 1.85. The van der Waals surface area contributed by atoms with Crippen LogP contribution in [-0.2, 0) is 6.42 Å². The van der Waals surface area contributed by atoms with Crippen molar-refractivity contribution in [3.63, 3.8) is 0 Å². The van der Waals surface area contributed by atoms with Crippen molar-refractivity contribution in [3.05, 3.63) is 97.3 Å². The third-order valence-electron chi connectivity index (χ3n) is 6.58. The summed E-state index contributed by atoms with van der Waals surface area (Å²) in [4.78, 5) is 42.3. The summed E-state index contributed by atoms with van der Waals surface area (Å²) < 4.78 is 0.741. The maximum atomic E-state index is 13.5. The van der Waals surface area contributed by atoms with Crippen LogP contribution in [0.25, 0.3) is 22.7 Å². The maximum Gasteiger partial charge on any atom is 0.335 e. The van der Waals surface area contributed by atoms with Gasteiger partial charge in [0.05, 0.1) is 23.4 Å². The van der Waals surface area contributed by atoms with Gasteiger partial charge in [-0.15, -0.1) is 5.73 Å². The van der Waals surface area contributed by atoms with Gasteiger partial charge in [-0.2, -0.15) is 0 Å². The number of carboxylic acid groups (broad SMARTS) is 2. The number of aromatic hydroxyl groups is 1. The highest BCUT2D eigenvalue weighted by Gasteiger charge is 2.21. The van der Waals surface area contributed by atoms with E-state index in [1.165, 1.54) is 24.3 Å². The average Bonchev–Trinajstić information content (AvgIpc) is 2.90. The molecule has 2 aromatic carbocycles. The van der Waals surface area contributed by atoms with Gasteiger partial charge >= 0.3 is 11.9 Å². The Kier molecular flexibility index (Phi) is 7.19. The molecule has 0 bridgehead atoms. The molecule has 9 heteroatoms. The summed E-state index contributed by atoms with van der Waals surface area (Å²) >= 11 is 0. The smallest absolute Gasteiger partial charge is 0.335 e. The van der Waals surface area contributed by atoms with E-state index in [0.29, 0.717) is 0 Å². The van der Waals surface area contributed by atoms with Gasteiger partial charge in [0.2, 0.25) is 11.6 Å². The minimum absolute atomic E-state index is 0.0535. The first-order chi connectivity index (χ1) is 18.2. The van der Waals surface area contributed by atoms with Gasteiger partial charge in [0.25, 0.3) is 5.56 Å². The molecule has 3 N–H and O–H groups in total. The summed E-state index contributed by atoms with van der Waals surface area (Å²) in [6.07, 6.45) is 5.16. The van der Waals surface area contributed by atoms with Crippen molar-refractivity contribution in [1.29, 1.82) is 0 Å². The number of hydrogen-bond donors (Lipinski definition) is 3. The molecule has 9 nitrogen and oxygen atoms in total. The molecule has 0 saturated heterocycles. The molecule has 0 radical (unpaired) electrons. The minimum Gasteiger partial charge on any atom is -0.502 e. The molecule has 0 atom stereocenters. The average molecular weight is 512 g/mol. The van der Waals surface area contributed by atoms with Crippen LogP contribution in [0.4, 0.5) is 11.4 Å². The van der Waals surface area contributed by atoms with E-state index in [4.69, 9.17) is 6.57 Å². The lowest BCUT2D eigenvalue weighted by Crippen LogP contribution is -2.28. The molecule has 0 unspecified atom stereocenters. The number of aromatic nitrogens is 1. The van der Waals surface area contributed by atoms with Gasteiger partial charge in [-0.3, -0.25) is 9.36 Å². The van der Waals surface area contributed by atoms with E-state index in [-0.39, 0.29) is 33.6 Å². The van der Waals surface area contributed by atoms with Crippen LogP contribution in [0.5, 0.6) is 5.88 Å². The standard InChI is InChI=1S/C29H25N3O6/c1-4-31-12-6-8-19-13-18(10-11-24(19)31)7-5-9-23-17(2)25(30-3)27(34)32(26(23)33)22-15-20(28(35)36)14-21(16-22)29(37)38/h7,9-11,13-16,34H,4,6,8,12H2,1-2H3,(H,35,36)(H,37,38). The highest BCUT2D eigenvalue weighted by atomic mass is 16.4. The summed E-state index contributed by atoms with van der Waals surface area (Å²) in [5.74, 6) is -3.53. The Morgan fingerprint density at radius 3 is 2.39 bits per heavy atom. The molecule has 3 aromatic rings. The van der Waals surface area contributed by atoms with E-state index >= 15 is 0 Å². The SMILES string of the molecule is [C-]#[N+]c1c(C)c(C=C=Cc2ccc3c(c2)CCCN3CC)c(=O)n(-c2cc(C(=O)O)cc(C(=O)O)c2)c1O. The second kappa shape index (κ2) is 10.5. The number of pyridine rings is 1. The van der Waals surface area contributed by atoms with Crippen LogP contribution >= 0.6 is 0 Å². The van der Waals surface area contributed by atoms with Gasteiger partial charge in [0, 0.05) is 24.3 Å². The molecule has 38 heavy (non-hydrogen) atoms. The van der Waals surface area contributed by atoms with Gasteiger partial charge < -0.3 is 20.2 Å². The molecule has 0 amide bonds. The van der Waals surface area contributed by atoms with Gasteiger partial charge in [0.15, 0.2) is 0 Å². The first-order valence-corrected chi connectivity index (χ1v) is 11.9. The van der Waals surface area contributed by atoms with Crippen molar-refractivity contribution in [1.82, 2.24) is 4.57 Å². The number of carboxylic acids is 2. The highest BCUT2D eigenvalue weighted by molar-refractivity contribution is 5.95. The van der Waals surface area contributed by atoms with Crippen molar-refractivity contribution >= 4 is 35.5 Å². The fraction of sp³-hybridized carbons (Fsp3) is 0.207. The molecule has 4 rings (SSSR count). The maximum absolute atomic E-state index is 13.5. The van der Waals surface area contributed by atoms with Gasteiger partial charge in [-0.05, 0) is 85.9 Å². The number of rotatable bonds is 6. The fourth-order valence-corrected chi connectivity index (χ4v) is 4.64. The topological polar surface area (TPSA) is 124 Å². The number of nitrogens with zero attached hydrogens (tertiary/aromatic N) is 3. The van der Waals surface area contributed by atoms with Crippen LogP contribution in [0.15, 0.2) is 46.9 Å². The van der Waals surface area contributed by atoms with E-state index in [1.54, 1.807) is 6.08 Å². The molecular formula is C29H25N3O6. The van der Waals surface area contributed by atoms with E-state index in [0.717, 1.165) is 54.3 Å². The van der Waals surface area contributed by atoms with Crippen LogP contribution in [0, 0.1) is 13.5 Å². The van der Waals surface area contributed by atoms with E-state index in [2.05, 4.69) is 34.5 Å². The summed E-state index contributed by atoms with van der Waals surface area (Å²) in [5, 5.41) is 29.6. The zero-order chi connectivity index (χ0) is 27.6. The second-order valence-corrected chi connectivity index (χ2v) is 8.87. The first kappa shape index (κ1) is 26.0. The van der Waals surface area contributed by atoms with Crippen LogP contribution in [0.3, 0.4) is 0 Å². The van der Waals surface area contributed by atoms with Crippen LogP contribution in [0.2, 0.25) is 0 Å². The number of carbonyl (C=O) groups is 2. The van der Waals surface area contributed by atoms with Crippen molar-refractivity contribution in [2.45, 2.75) is 26.7 Å². The van der Waals surface area contributed by atoms with Crippen molar-refractivity contribution in [2.75, 3.05) is 18.0 Å². The van der Waals surface area contributed by atoms with Crippen LogP contribution < -0.4 is 10.5 Å². The third-order valence-corrected chi connectivity index (χ3v) is 6.58. The fourth-order valence-electron chi connectivity index (χ4n) is 4.64. The largest absolute Gasteiger partial charge is 0.502 e. The number of aryl methyl sites for hydroxylation is 1. The summed E-state index contributed by atoms with van der Waals surface area (Å²) in [6, 6.07) is 9.18. The van der Waals surface area contributed by atoms with E-state index in [1.807, 2.05) is 6.07 Å². The molecule has 0 saturated carbocycles. The normalized spacial score (nSPS) is 12.2. The molecule has 1 aliphatic heterocycles. The molecule has 2 heterocycles. The quantitative estimate of drug-likeness (QED) is 0.318. The predicted octanol–water partition coefficient (Wildman–Crippen LogP) is 4.90. The lowest BCUT2D eigenvalue weighted by Gasteiger charge is -2.30.